The van der Waals surface area contributed by atoms with Crippen LogP contribution < -0.4 is 10.0 Å². The molecule has 0 saturated heterocycles. The Labute approximate surface area is 140 Å². The molecule has 0 aromatic heterocycles. The van der Waals surface area contributed by atoms with Crippen molar-refractivity contribution in [3.63, 3.8) is 0 Å². The van der Waals surface area contributed by atoms with Gasteiger partial charge in [0.15, 0.2) is 0 Å². The Hall–Kier alpha value is 0.0200. The Morgan fingerprint density at radius 2 is 2.00 bits per heavy atom. The fraction of sp³-hybridized carbons (Fsp3) is 0.538. The van der Waals surface area contributed by atoms with Gasteiger partial charge < -0.3 is 5.32 Å². The molecule has 8 heteroatoms. The van der Waals surface area contributed by atoms with Crippen molar-refractivity contribution in [1.82, 2.24) is 10.0 Å². The molecule has 0 amide bonds. The lowest BCUT2D eigenvalue weighted by molar-refractivity contribution is 0.579. The summed E-state index contributed by atoms with van der Waals surface area (Å²) in [6.07, 6.45) is 4.06. The number of hydrogen-bond acceptors (Lipinski definition) is 4. The maximum Gasteiger partial charge on any atom is 0.242 e. The van der Waals surface area contributed by atoms with Crippen LogP contribution >= 0.6 is 35.0 Å². The summed E-state index contributed by atoms with van der Waals surface area (Å²) in [5.41, 5.74) is 0.665. The number of hydrogen-bond donors (Lipinski definition) is 2. The average molecular weight is 369 g/mol. The van der Waals surface area contributed by atoms with Gasteiger partial charge in [0.25, 0.3) is 0 Å². The zero-order valence-corrected chi connectivity index (χ0v) is 15.0. The van der Waals surface area contributed by atoms with Gasteiger partial charge in [-0.25, -0.2) is 13.1 Å². The highest BCUT2D eigenvalue weighted by Gasteiger charge is 2.42. The number of benzene rings is 1. The van der Waals surface area contributed by atoms with Crippen molar-refractivity contribution in [2.75, 3.05) is 19.8 Å². The van der Waals surface area contributed by atoms with E-state index in [1.54, 1.807) is 24.9 Å². The van der Waals surface area contributed by atoms with Gasteiger partial charge in [-0.3, -0.25) is 0 Å². The van der Waals surface area contributed by atoms with Crippen molar-refractivity contribution in [2.45, 2.75) is 29.0 Å². The molecular formula is C13H18Cl2N2O2S2. The zero-order valence-electron chi connectivity index (χ0n) is 11.9. The van der Waals surface area contributed by atoms with Gasteiger partial charge in [0.1, 0.15) is 4.90 Å². The van der Waals surface area contributed by atoms with E-state index >= 15 is 0 Å². The van der Waals surface area contributed by atoms with E-state index < -0.39 is 10.0 Å². The molecule has 0 radical (unpaired) electrons. The fourth-order valence-corrected chi connectivity index (χ4v) is 4.91. The van der Waals surface area contributed by atoms with Crippen LogP contribution in [0.1, 0.15) is 18.4 Å². The summed E-state index contributed by atoms with van der Waals surface area (Å²) in [5.74, 6) is 0. The van der Waals surface area contributed by atoms with Crippen molar-refractivity contribution < 1.29 is 8.42 Å². The third-order valence-corrected chi connectivity index (χ3v) is 7.18. The topological polar surface area (TPSA) is 58.2 Å². The highest BCUT2D eigenvalue weighted by Crippen LogP contribution is 2.46. The Balaban J connectivity index is 2.27. The third-order valence-electron chi connectivity index (χ3n) is 3.56. The average Bonchev–Trinajstić information content (AvgIpc) is 3.21. The summed E-state index contributed by atoms with van der Waals surface area (Å²) >= 11 is 13.9. The highest BCUT2D eigenvalue weighted by molar-refractivity contribution is 8.00. The van der Waals surface area contributed by atoms with Crippen LogP contribution in [0.5, 0.6) is 0 Å². The van der Waals surface area contributed by atoms with Crippen molar-refractivity contribution in [2.24, 2.45) is 0 Å². The Morgan fingerprint density at radius 1 is 1.33 bits per heavy atom. The largest absolute Gasteiger partial charge is 0.316 e. The molecule has 1 aliphatic carbocycles. The molecule has 1 aromatic carbocycles. The predicted octanol–water partition coefficient (Wildman–Crippen LogP) is 2.89. The highest BCUT2D eigenvalue weighted by atomic mass is 35.5. The van der Waals surface area contributed by atoms with Gasteiger partial charge in [0.2, 0.25) is 10.0 Å². The lowest BCUT2D eigenvalue weighted by atomic mass is 10.2. The molecule has 1 aliphatic rings. The van der Waals surface area contributed by atoms with Crippen LogP contribution in [0.3, 0.4) is 0 Å². The Morgan fingerprint density at radius 3 is 2.52 bits per heavy atom. The monoisotopic (exact) mass is 368 g/mol. The number of thioether (sulfide) groups is 1. The second-order valence-electron chi connectivity index (χ2n) is 5.12. The lowest BCUT2D eigenvalue weighted by Crippen LogP contribution is -2.32. The first-order chi connectivity index (χ1) is 9.83. The standard InChI is InChI=1S/C13H18Cl2N2O2S2/c1-16-7-9-5-10(14)6-11(12(9)15)21(18,19)17-8-13(20-2)3-4-13/h5-6,16-17H,3-4,7-8H2,1-2H3. The molecular weight excluding hydrogens is 351 g/mol. The van der Waals surface area contributed by atoms with Crippen LogP contribution in [0, 0.1) is 0 Å². The van der Waals surface area contributed by atoms with Gasteiger partial charge in [0.05, 0.1) is 5.02 Å². The minimum atomic E-state index is -3.67. The molecule has 0 spiro atoms. The first kappa shape index (κ1) is 17.4. The van der Waals surface area contributed by atoms with Gasteiger partial charge in [-0.2, -0.15) is 11.8 Å². The first-order valence-electron chi connectivity index (χ1n) is 6.51. The summed E-state index contributed by atoms with van der Waals surface area (Å²) in [5, 5.41) is 3.52. The van der Waals surface area contributed by atoms with Crippen LogP contribution in [-0.4, -0.2) is 33.0 Å². The number of halogens is 2. The summed E-state index contributed by atoms with van der Waals surface area (Å²) in [6, 6.07) is 3.06. The van der Waals surface area contributed by atoms with Crippen LogP contribution in [0.4, 0.5) is 0 Å². The molecule has 4 nitrogen and oxygen atoms in total. The molecule has 2 rings (SSSR count). The number of nitrogens with one attached hydrogen (secondary N) is 2. The molecule has 0 aliphatic heterocycles. The second kappa shape index (κ2) is 6.64. The normalized spacial score (nSPS) is 17.0. The van der Waals surface area contributed by atoms with Gasteiger partial charge in [0, 0.05) is 22.9 Å². The molecule has 1 aromatic rings. The maximum atomic E-state index is 12.5. The van der Waals surface area contributed by atoms with E-state index in [0.29, 0.717) is 23.7 Å². The summed E-state index contributed by atoms with van der Waals surface area (Å²) in [4.78, 5) is 0.0406. The van der Waals surface area contributed by atoms with E-state index in [0.717, 1.165) is 12.8 Å². The molecule has 0 heterocycles. The van der Waals surface area contributed by atoms with Crippen molar-refractivity contribution in [1.29, 1.82) is 0 Å². The van der Waals surface area contributed by atoms with E-state index in [1.165, 1.54) is 6.07 Å². The Kier molecular flexibility index (Phi) is 5.50. The van der Waals surface area contributed by atoms with Gasteiger partial charge >= 0.3 is 0 Å². The minimum Gasteiger partial charge on any atom is -0.316 e. The molecule has 0 unspecified atom stereocenters. The van der Waals surface area contributed by atoms with Gasteiger partial charge in [-0.1, -0.05) is 23.2 Å². The fourth-order valence-electron chi connectivity index (χ4n) is 2.03. The van der Waals surface area contributed by atoms with Crippen molar-refractivity contribution in [3.8, 4) is 0 Å². The van der Waals surface area contributed by atoms with Gasteiger partial charge in [-0.15, -0.1) is 0 Å². The molecule has 118 valence electrons. The van der Waals surface area contributed by atoms with Crippen LogP contribution in [0.25, 0.3) is 0 Å². The van der Waals surface area contributed by atoms with E-state index in [4.69, 9.17) is 23.2 Å². The molecule has 0 atom stereocenters. The van der Waals surface area contributed by atoms with E-state index in [2.05, 4.69) is 10.0 Å². The van der Waals surface area contributed by atoms with Crippen molar-refractivity contribution in [3.05, 3.63) is 27.7 Å². The zero-order chi connectivity index (χ0) is 15.7. The first-order valence-corrected chi connectivity index (χ1v) is 9.97. The quantitative estimate of drug-likeness (QED) is 0.776. The summed E-state index contributed by atoms with van der Waals surface area (Å²) in [6.45, 7) is 0.872. The minimum absolute atomic E-state index is 0.0406. The maximum absolute atomic E-state index is 12.5. The van der Waals surface area contributed by atoms with Crippen LogP contribution in [0.15, 0.2) is 17.0 Å². The SMILES string of the molecule is CNCc1cc(Cl)cc(S(=O)(=O)NCC2(SC)CC2)c1Cl. The molecule has 2 N–H and O–H groups in total. The summed E-state index contributed by atoms with van der Waals surface area (Å²) < 4.78 is 27.6. The van der Waals surface area contributed by atoms with E-state index in [9.17, 15) is 8.42 Å². The smallest absolute Gasteiger partial charge is 0.242 e. The number of rotatable bonds is 7. The lowest BCUT2D eigenvalue weighted by Gasteiger charge is -2.15. The second-order valence-corrected chi connectivity index (χ2v) is 8.94. The molecule has 1 fully saturated rings. The predicted molar refractivity (Wildman–Crippen MR) is 89.9 cm³/mol. The van der Waals surface area contributed by atoms with E-state index in [1.807, 2.05) is 6.26 Å². The van der Waals surface area contributed by atoms with Crippen molar-refractivity contribution >= 4 is 45.0 Å². The molecule has 0 bridgehead atoms. The number of sulfonamides is 1. The van der Waals surface area contributed by atoms with Crippen LogP contribution in [0.2, 0.25) is 10.0 Å². The molecule has 21 heavy (non-hydrogen) atoms. The molecule has 1 saturated carbocycles. The van der Waals surface area contributed by atoms with Gasteiger partial charge in [-0.05, 0) is 43.8 Å². The third kappa shape index (κ3) is 4.06. The Bertz CT molecular complexity index is 631. The van der Waals surface area contributed by atoms with E-state index in [-0.39, 0.29) is 14.7 Å². The summed E-state index contributed by atoms with van der Waals surface area (Å²) in [7, 11) is -1.90. The van der Waals surface area contributed by atoms with Crippen LogP contribution in [-0.2, 0) is 16.6 Å².